The number of nitrogens with zero attached hydrogens (tertiary/aromatic N) is 4. The summed E-state index contributed by atoms with van der Waals surface area (Å²) in [5.74, 6) is 0.696. The molecule has 20 heavy (non-hydrogen) atoms. The Bertz CT molecular complexity index is 393. The molecule has 0 saturated carbocycles. The van der Waals surface area contributed by atoms with Crippen LogP contribution in [0.15, 0.2) is 6.20 Å². The van der Waals surface area contributed by atoms with Gasteiger partial charge in [-0.1, -0.05) is 19.1 Å². The monoisotopic (exact) mass is 281 g/mol. The van der Waals surface area contributed by atoms with E-state index in [9.17, 15) is 0 Å². The van der Waals surface area contributed by atoms with E-state index in [4.69, 9.17) is 4.74 Å². The van der Waals surface area contributed by atoms with Crippen LogP contribution >= 0.6 is 0 Å². The highest BCUT2D eigenvalue weighted by atomic mass is 16.5. The number of likely N-dealkylation sites (tertiary alicyclic amines) is 1. The fourth-order valence-corrected chi connectivity index (χ4v) is 2.57. The zero-order valence-electron chi connectivity index (χ0n) is 12.9. The zero-order chi connectivity index (χ0) is 14.4. The summed E-state index contributed by atoms with van der Waals surface area (Å²) in [6.45, 7) is 10.2. The van der Waals surface area contributed by atoms with Gasteiger partial charge in [0.15, 0.2) is 0 Å². The van der Waals surface area contributed by atoms with Gasteiger partial charge in [0, 0.05) is 39.0 Å². The van der Waals surface area contributed by atoms with Crippen LogP contribution in [0.3, 0.4) is 0 Å². The molecule has 2 heterocycles. The van der Waals surface area contributed by atoms with Gasteiger partial charge in [-0.2, -0.15) is 0 Å². The molecule has 1 fully saturated rings. The molecule has 1 aromatic heterocycles. The first-order valence-electron chi connectivity index (χ1n) is 7.51. The fraction of sp³-hybridized carbons (Fsp3) is 0.857. The van der Waals surface area contributed by atoms with E-state index in [0.717, 1.165) is 38.5 Å². The van der Waals surface area contributed by atoms with Crippen molar-refractivity contribution in [3.8, 4) is 0 Å². The van der Waals surface area contributed by atoms with Gasteiger partial charge >= 0.3 is 0 Å². The predicted molar refractivity (Wildman–Crippen MR) is 78.4 cm³/mol. The molecule has 1 saturated heterocycles. The summed E-state index contributed by atoms with van der Waals surface area (Å²) in [7, 11) is 1.78. The predicted octanol–water partition coefficient (Wildman–Crippen LogP) is 0.744. The van der Waals surface area contributed by atoms with Gasteiger partial charge in [-0.25, -0.2) is 0 Å². The molecule has 0 radical (unpaired) electrons. The van der Waals surface area contributed by atoms with Crippen molar-refractivity contribution in [2.24, 2.45) is 5.92 Å². The summed E-state index contributed by atoms with van der Waals surface area (Å²) in [5, 5.41) is 11.7. The van der Waals surface area contributed by atoms with E-state index < -0.39 is 0 Å². The van der Waals surface area contributed by atoms with E-state index >= 15 is 0 Å². The molecule has 0 bridgehead atoms. The third-order valence-electron chi connectivity index (χ3n) is 3.70. The molecular weight excluding hydrogens is 254 g/mol. The lowest BCUT2D eigenvalue weighted by Crippen LogP contribution is -2.26. The first-order valence-corrected chi connectivity index (χ1v) is 7.51. The van der Waals surface area contributed by atoms with Gasteiger partial charge in [0.2, 0.25) is 0 Å². The molecule has 1 aliphatic heterocycles. The Balaban J connectivity index is 1.69. The number of nitrogens with one attached hydrogen (secondary N) is 1. The first-order chi connectivity index (χ1) is 9.67. The summed E-state index contributed by atoms with van der Waals surface area (Å²) in [5.41, 5.74) is 1.01. The van der Waals surface area contributed by atoms with Crippen LogP contribution in [0.25, 0.3) is 0 Å². The molecule has 0 amide bonds. The van der Waals surface area contributed by atoms with Crippen LogP contribution < -0.4 is 5.32 Å². The fourth-order valence-electron chi connectivity index (χ4n) is 2.57. The summed E-state index contributed by atoms with van der Waals surface area (Å²) in [6, 6.07) is 0.475. The maximum absolute atomic E-state index is 5.23. The third kappa shape index (κ3) is 4.85. The Labute approximate surface area is 121 Å². The molecule has 114 valence electrons. The van der Waals surface area contributed by atoms with Crippen molar-refractivity contribution in [2.75, 3.05) is 33.4 Å². The third-order valence-corrected chi connectivity index (χ3v) is 3.70. The molecule has 1 aliphatic rings. The van der Waals surface area contributed by atoms with Crippen LogP contribution in [0.4, 0.5) is 0 Å². The maximum atomic E-state index is 5.23. The summed E-state index contributed by atoms with van der Waals surface area (Å²) in [4.78, 5) is 2.48. The number of hydrogen-bond donors (Lipinski definition) is 1. The summed E-state index contributed by atoms with van der Waals surface area (Å²) < 4.78 is 7.17. The van der Waals surface area contributed by atoms with Crippen LogP contribution in [-0.4, -0.2) is 59.3 Å². The average Bonchev–Trinajstić information content (AvgIpc) is 3.03. The standard InChI is InChI=1S/C14H27N5O/c1-12(2)15-8-14-10-19(17-16-14)7-6-18-5-4-13(9-18)11-20-3/h10,12-13,15H,4-9,11H2,1-3H3. The number of rotatable bonds is 8. The van der Waals surface area contributed by atoms with Gasteiger partial charge in [0.05, 0.1) is 18.8 Å². The first kappa shape index (κ1) is 15.4. The van der Waals surface area contributed by atoms with Crippen molar-refractivity contribution < 1.29 is 4.74 Å². The minimum Gasteiger partial charge on any atom is -0.384 e. The average molecular weight is 281 g/mol. The van der Waals surface area contributed by atoms with E-state index in [1.807, 2.05) is 10.9 Å². The Morgan fingerprint density at radius 2 is 2.30 bits per heavy atom. The van der Waals surface area contributed by atoms with E-state index in [1.54, 1.807) is 7.11 Å². The van der Waals surface area contributed by atoms with E-state index in [1.165, 1.54) is 13.0 Å². The highest BCUT2D eigenvalue weighted by molar-refractivity contribution is 4.92. The Morgan fingerprint density at radius 1 is 1.45 bits per heavy atom. The van der Waals surface area contributed by atoms with Crippen LogP contribution in [-0.2, 0) is 17.8 Å². The van der Waals surface area contributed by atoms with E-state index in [-0.39, 0.29) is 0 Å². The molecule has 6 heteroatoms. The van der Waals surface area contributed by atoms with E-state index in [2.05, 4.69) is 34.4 Å². The number of hydrogen-bond acceptors (Lipinski definition) is 5. The quantitative estimate of drug-likeness (QED) is 0.762. The van der Waals surface area contributed by atoms with Crippen LogP contribution in [0.5, 0.6) is 0 Å². The molecule has 1 N–H and O–H groups in total. The second-order valence-electron chi connectivity index (χ2n) is 5.92. The van der Waals surface area contributed by atoms with Gasteiger partial charge in [0.1, 0.15) is 0 Å². The second-order valence-corrected chi connectivity index (χ2v) is 5.92. The summed E-state index contributed by atoms with van der Waals surface area (Å²) >= 11 is 0. The zero-order valence-corrected chi connectivity index (χ0v) is 12.9. The minimum atomic E-state index is 0.475. The van der Waals surface area contributed by atoms with Gasteiger partial charge in [-0.15, -0.1) is 5.10 Å². The second kappa shape index (κ2) is 7.71. The van der Waals surface area contributed by atoms with Crippen molar-refractivity contribution in [1.29, 1.82) is 0 Å². The van der Waals surface area contributed by atoms with Crippen molar-refractivity contribution >= 4 is 0 Å². The maximum Gasteiger partial charge on any atom is 0.0964 e. The van der Waals surface area contributed by atoms with Crippen molar-refractivity contribution in [3.63, 3.8) is 0 Å². The van der Waals surface area contributed by atoms with Gasteiger partial charge in [-0.05, 0) is 18.9 Å². The van der Waals surface area contributed by atoms with Gasteiger partial charge in [0.25, 0.3) is 0 Å². The summed E-state index contributed by atoms with van der Waals surface area (Å²) in [6.07, 6.45) is 3.28. The highest BCUT2D eigenvalue weighted by Gasteiger charge is 2.21. The lowest BCUT2D eigenvalue weighted by atomic mass is 10.1. The largest absolute Gasteiger partial charge is 0.384 e. The van der Waals surface area contributed by atoms with Crippen molar-refractivity contribution in [2.45, 2.75) is 39.4 Å². The molecule has 0 aliphatic carbocycles. The normalized spacial score (nSPS) is 20.1. The lowest BCUT2D eigenvalue weighted by Gasteiger charge is -2.15. The SMILES string of the molecule is COCC1CCN(CCn2cc(CNC(C)C)nn2)C1. The highest BCUT2D eigenvalue weighted by Crippen LogP contribution is 2.15. The lowest BCUT2D eigenvalue weighted by molar-refractivity contribution is 0.152. The van der Waals surface area contributed by atoms with Gasteiger partial charge in [-0.3, -0.25) is 4.68 Å². The van der Waals surface area contributed by atoms with Crippen LogP contribution in [0.1, 0.15) is 26.0 Å². The Hall–Kier alpha value is -0.980. The molecular formula is C14H27N5O. The molecule has 1 aromatic rings. The molecule has 0 spiro atoms. The van der Waals surface area contributed by atoms with E-state index in [0.29, 0.717) is 12.0 Å². The van der Waals surface area contributed by atoms with Crippen LogP contribution in [0.2, 0.25) is 0 Å². The van der Waals surface area contributed by atoms with Crippen molar-refractivity contribution in [1.82, 2.24) is 25.2 Å². The molecule has 2 rings (SSSR count). The number of methoxy groups -OCH3 is 1. The molecule has 0 aromatic carbocycles. The Morgan fingerprint density at radius 3 is 3.05 bits per heavy atom. The van der Waals surface area contributed by atoms with Crippen molar-refractivity contribution in [3.05, 3.63) is 11.9 Å². The minimum absolute atomic E-state index is 0.475. The Kier molecular flexibility index (Phi) is 5.94. The molecule has 1 unspecified atom stereocenters. The van der Waals surface area contributed by atoms with Gasteiger partial charge < -0.3 is 15.0 Å². The number of aromatic nitrogens is 3. The smallest absolute Gasteiger partial charge is 0.0964 e. The topological polar surface area (TPSA) is 55.2 Å². The van der Waals surface area contributed by atoms with Crippen LogP contribution in [0, 0.1) is 5.92 Å². The number of ether oxygens (including phenoxy) is 1. The molecule has 6 nitrogen and oxygen atoms in total. The molecule has 1 atom stereocenters.